The smallest absolute Gasteiger partial charge is 0.269 e. The number of nitrogens with two attached hydrogens (primary N) is 1. The predicted octanol–water partition coefficient (Wildman–Crippen LogP) is 3.59. The average Bonchev–Trinajstić information content (AvgIpc) is 3.07. The Morgan fingerprint density at radius 1 is 1.10 bits per heavy atom. The Hall–Kier alpha value is -3.31. The third-order valence-corrected chi connectivity index (χ3v) is 6.47. The van der Waals surface area contributed by atoms with Gasteiger partial charge in [0.2, 0.25) is 5.95 Å². The second-order valence-electron chi connectivity index (χ2n) is 6.06. The van der Waals surface area contributed by atoms with Gasteiger partial charge in [0.25, 0.3) is 15.7 Å². The van der Waals surface area contributed by atoms with Crippen molar-refractivity contribution in [3.63, 3.8) is 0 Å². The number of anilines is 1. The first-order valence-electron chi connectivity index (χ1n) is 8.17. The first-order valence-corrected chi connectivity index (χ1v) is 10.4. The molecular weight excluding hydrogens is 462 g/mol. The van der Waals surface area contributed by atoms with Gasteiger partial charge in [-0.05, 0) is 36.4 Å². The van der Waals surface area contributed by atoms with Crippen molar-refractivity contribution < 1.29 is 13.3 Å². The zero-order valence-corrected chi connectivity index (χ0v) is 17.0. The molecule has 2 N–H and O–H groups in total. The third-order valence-electron chi connectivity index (χ3n) is 4.29. The first kappa shape index (κ1) is 19.0. The van der Waals surface area contributed by atoms with E-state index in [1.54, 1.807) is 24.3 Å². The van der Waals surface area contributed by atoms with Crippen LogP contribution in [0.4, 0.5) is 11.6 Å². The molecule has 0 spiro atoms. The quantitative estimate of drug-likeness (QED) is 0.353. The Bertz CT molecular complexity index is 1370. The molecule has 0 unspecified atom stereocenters. The Balaban J connectivity index is 1.95. The van der Waals surface area contributed by atoms with E-state index in [-0.39, 0.29) is 16.5 Å². The van der Waals surface area contributed by atoms with Crippen LogP contribution in [0, 0.1) is 10.1 Å². The van der Waals surface area contributed by atoms with E-state index < -0.39 is 14.9 Å². The van der Waals surface area contributed by atoms with Crippen LogP contribution < -0.4 is 5.73 Å². The molecule has 146 valence electrons. The molecule has 0 aliphatic carbocycles. The van der Waals surface area contributed by atoms with E-state index in [4.69, 9.17) is 5.73 Å². The van der Waals surface area contributed by atoms with Gasteiger partial charge in [-0.25, -0.2) is 22.4 Å². The molecule has 4 aromatic rings. The fraction of sp³-hybridized carbons (Fsp3) is 0. The lowest BCUT2D eigenvalue weighted by molar-refractivity contribution is -0.384. The number of halogens is 1. The maximum absolute atomic E-state index is 13.2. The lowest BCUT2D eigenvalue weighted by Gasteiger charge is -2.07. The lowest BCUT2D eigenvalue weighted by atomic mass is 10.1. The van der Waals surface area contributed by atoms with Gasteiger partial charge in [0.05, 0.1) is 21.0 Å². The molecule has 2 heterocycles. The van der Waals surface area contributed by atoms with Crippen molar-refractivity contribution in [2.24, 2.45) is 0 Å². The van der Waals surface area contributed by atoms with Crippen LogP contribution in [0.3, 0.4) is 0 Å². The van der Waals surface area contributed by atoms with Crippen molar-refractivity contribution in [3.8, 4) is 11.3 Å². The fourth-order valence-corrected chi connectivity index (χ4v) is 4.68. The molecule has 0 aliphatic heterocycles. The molecule has 2 aromatic carbocycles. The molecule has 0 saturated carbocycles. The fourth-order valence-electron chi connectivity index (χ4n) is 2.95. The molecule has 29 heavy (non-hydrogen) atoms. The lowest BCUT2D eigenvalue weighted by Crippen LogP contribution is -2.11. The summed E-state index contributed by atoms with van der Waals surface area (Å²) < 4.78 is 28.4. The van der Waals surface area contributed by atoms with Crippen molar-refractivity contribution >= 4 is 48.5 Å². The van der Waals surface area contributed by atoms with Gasteiger partial charge >= 0.3 is 0 Å². The molecule has 0 saturated heterocycles. The summed E-state index contributed by atoms with van der Waals surface area (Å²) in [5.74, 6) is 0.0663. The van der Waals surface area contributed by atoms with Gasteiger partial charge in [-0.1, -0.05) is 15.9 Å². The number of non-ortho nitro benzene ring substituents is 1. The molecule has 4 rings (SSSR count). The van der Waals surface area contributed by atoms with Crippen LogP contribution in [0.5, 0.6) is 0 Å². The second-order valence-corrected chi connectivity index (χ2v) is 8.79. The Kier molecular flexibility index (Phi) is 4.55. The summed E-state index contributed by atoms with van der Waals surface area (Å²) in [5, 5.41) is 11.5. The Morgan fingerprint density at radius 2 is 1.83 bits per heavy atom. The summed E-state index contributed by atoms with van der Waals surface area (Å²) >= 11 is 3.40. The van der Waals surface area contributed by atoms with Crippen molar-refractivity contribution in [1.82, 2.24) is 13.9 Å². The molecular formula is C18H12BrN5O4S. The van der Waals surface area contributed by atoms with Gasteiger partial charge in [-0.2, -0.15) is 0 Å². The number of fused-ring (bicyclic) bond motifs is 1. The van der Waals surface area contributed by atoms with Gasteiger partial charge in [-0.3, -0.25) is 10.1 Å². The zero-order valence-electron chi connectivity index (χ0n) is 14.6. The number of nitro benzene ring substituents is 1. The standard InChI is InChI=1S/C18H12BrN5O4S/c19-11-1-6-17-14(9-11)15(16-7-8-21-18(20)22-16)10-23(17)29(27,28)13-4-2-12(3-5-13)24(25)26/h1-10H,(H2,20,21,22). The molecule has 0 amide bonds. The zero-order chi connectivity index (χ0) is 20.8. The summed E-state index contributed by atoms with van der Waals surface area (Å²) in [6.45, 7) is 0. The van der Waals surface area contributed by atoms with Crippen LogP contribution in [-0.4, -0.2) is 27.3 Å². The molecule has 2 aromatic heterocycles. The number of aromatic nitrogens is 3. The van der Waals surface area contributed by atoms with E-state index >= 15 is 0 Å². The van der Waals surface area contributed by atoms with Gasteiger partial charge in [-0.15, -0.1) is 0 Å². The van der Waals surface area contributed by atoms with E-state index in [1.165, 1.54) is 24.5 Å². The number of hydrogen-bond acceptors (Lipinski definition) is 7. The average molecular weight is 474 g/mol. The topological polar surface area (TPSA) is 134 Å². The second kappa shape index (κ2) is 6.94. The minimum atomic E-state index is -4.01. The summed E-state index contributed by atoms with van der Waals surface area (Å²) in [6, 6.07) is 11.5. The van der Waals surface area contributed by atoms with Crippen LogP contribution in [0.25, 0.3) is 22.2 Å². The Morgan fingerprint density at radius 3 is 2.48 bits per heavy atom. The highest BCUT2D eigenvalue weighted by Crippen LogP contribution is 2.34. The molecule has 0 fully saturated rings. The van der Waals surface area contributed by atoms with E-state index in [1.807, 2.05) is 0 Å². The maximum atomic E-state index is 13.2. The van der Waals surface area contributed by atoms with Crippen LogP contribution in [0.1, 0.15) is 0 Å². The molecule has 9 nitrogen and oxygen atoms in total. The number of benzene rings is 2. The summed E-state index contributed by atoms with van der Waals surface area (Å²) in [4.78, 5) is 18.2. The molecule has 0 radical (unpaired) electrons. The SMILES string of the molecule is Nc1nccc(-c2cn(S(=O)(=O)c3ccc([N+](=O)[O-])cc3)c3ccc(Br)cc23)n1. The van der Waals surface area contributed by atoms with Gasteiger partial charge in [0.15, 0.2) is 0 Å². The molecule has 0 aliphatic rings. The largest absolute Gasteiger partial charge is 0.368 e. The van der Waals surface area contributed by atoms with E-state index in [9.17, 15) is 18.5 Å². The highest BCUT2D eigenvalue weighted by atomic mass is 79.9. The van der Waals surface area contributed by atoms with E-state index in [2.05, 4.69) is 25.9 Å². The summed E-state index contributed by atoms with van der Waals surface area (Å²) in [6.07, 6.45) is 2.94. The third kappa shape index (κ3) is 3.34. The van der Waals surface area contributed by atoms with Crippen molar-refractivity contribution in [3.05, 3.63) is 75.5 Å². The number of hydrogen-bond donors (Lipinski definition) is 1. The van der Waals surface area contributed by atoms with Gasteiger partial charge < -0.3 is 5.73 Å². The summed E-state index contributed by atoms with van der Waals surface area (Å²) in [7, 11) is -4.01. The maximum Gasteiger partial charge on any atom is 0.269 e. The monoisotopic (exact) mass is 473 g/mol. The van der Waals surface area contributed by atoms with Crippen LogP contribution in [-0.2, 0) is 10.0 Å². The van der Waals surface area contributed by atoms with Crippen LogP contribution in [0.15, 0.2) is 70.3 Å². The number of rotatable bonds is 4. The molecule has 11 heteroatoms. The normalized spacial score (nSPS) is 11.6. The number of nitro groups is 1. The first-order chi connectivity index (χ1) is 13.8. The molecule has 0 atom stereocenters. The van der Waals surface area contributed by atoms with Gasteiger partial charge in [0, 0.05) is 39.9 Å². The highest BCUT2D eigenvalue weighted by molar-refractivity contribution is 9.10. The molecule has 0 bridgehead atoms. The van der Waals surface area contributed by atoms with E-state index in [0.717, 1.165) is 20.6 Å². The van der Waals surface area contributed by atoms with Crippen LogP contribution in [0.2, 0.25) is 0 Å². The minimum absolute atomic E-state index is 0.0663. The van der Waals surface area contributed by atoms with Gasteiger partial charge in [0.1, 0.15) is 0 Å². The predicted molar refractivity (Wildman–Crippen MR) is 111 cm³/mol. The van der Waals surface area contributed by atoms with Crippen molar-refractivity contribution in [1.29, 1.82) is 0 Å². The van der Waals surface area contributed by atoms with Crippen LogP contribution >= 0.6 is 15.9 Å². The highest BCUT2D eigenvalue weighted by Gasteiger charge is 2.23. The van der Waals surface area contributed by atoms with Crippen molar-refractivity contribution in [2.45, 2.75) is 4.90 Å². The number of nitrogens with zero attached hydrogens (tertiary/aromatic N) is 4. The van der Waals surface area contributed by atoms with E-state index in [0.29, 0.717) is 22.2 Å². The minimum Gasteiger partial charge on any atom is -0.368 e. The Labute approximate surface area is 173 Å². The van der Waals surface area contributed by atoms with Crippen molar-refractivity contribution in [2.75, 3.05) is 5.73 Å². The summed E-state index contributed by atoms with van der Waals surface area (Å²) in [5.41, 5.74) is 6.94. The number of nitrogen functional groups attached to an aromatic ring is 1.